The summed E-state index contributed by atoms with van der Waals surface area (Å²) in [5.74, 6) is 0.300. The van der Waals surface area contributed by atoms with E-state index in [0.717, 1.165) is 42.0 Å². The van der Waals surface area contributed by atoms with Gasteiger partial charge >= 0.3 is 0 Å². The van der Waals surface area contributed by atoms with Crippen LogP contribution in [0.5, 0.6) is 0 Å². The smallest absolute Gasteiger partial charge is 0.241 e. The third-order valence-electron chi connectivity index (χ3n) is 5.27. The number of nitrogens with one attached hydrogen (secondary N) is 2. The number of rotatable bonds is 8. The summed E-state index contributed by atoms with van der Waals surface area (Å²) in [6.45, 7) is 2.88. The van der Waals surface area contributed by atoms with Crippen LogP contribution in [-0.2, 0) is 14.8 Å². The average molecular weight is 453 g/mol. The van der Waals surface area contributed by atoms with Gasteiger partial charge in [-0.15, -0.1) is 11.3 Å². The lowest BCUT2D eigenvalue weighted by Gasteiger charge is -2.26. The van der Waals surface area contributed by atoms with Gasteiger partial charge in [-0.25, -0.2) is 18.1 Å². The van der Waals surface area contributed by atoms with Gasteiger partial charge in [0.1, 0.15) is 0 Å². The number of amides is 1. The Labute approximate surface area is 181 Å². The molecule has 2 aromatic rings. The Hall–Kier alpha value is -2.01. The monoisotopic (exact) mass is 452 g/mol. The second-order valence-corrected chi connectivity index (χ2v) is 11.0. The maximum absolute atomic E-state index is 13.0. The average Bonchev–Trinajstić information content (AvgIpc) is 3.18. The number of carbonyl (C=O) groups is 1. The van der Waals surface area contributed by atoms with Crippen molar-refractivity contribution in [2.24, 2.45) is 0 Å². The number of aliphatic hydroxyl groups is 1. The molecular formula is C20H28N4O4S2. The molecule has 0 bridgehead atoms. The molecule has 8 nitrogen and oxygen atoms in total. The Kier molecular flexibility index (Phi) is 6.81. The van der Waals surface area contributed by atoms with E-state index in [9.17, 15) is 18.3 Å². The fourth-order valence-corrected chi connectivity index (χ4v) is 6.47. The molecule has 1 heterocycles. The number of hydrogen-bond acceptors (Lipinski definition) is 7. The summed E-state index contributed by atoms with van der Waals surface area (Å²) in [5.41, 5.74) is 5.74. The minimum Gasteiger partial charge on any atom is -0.399 e. The lowest BCUT2D eigenvalue weighted by Crippen LogP contribution is -2.46. The zero-order valence-electron chi connectivity index (χ0n) is 17.1. The van der Waals surface area contributed by atoms with Crippen molar-refractivity contribution in [3.05, 3.63) is 29.4 Å². The molecule has 1 aliphatic rings. The molecule has 1 aromatic heterocycles. The Morgan fingerprint density at radius 3 is 2.63 bits per heavy atom. The van der Waals surface area contributed by atoms with Gasteiger partial charge in [-0.3, -0.25) is 4.79 Å². The van der Waals surface area contributed by atoms with Crippen molar-refractivity contribution in [3.8, 4) is 10.4 Å². The van der Waals surface area contributed by atoms with Gasteiger partial charge in [0.2, 0.25) is 16.4 Å². The van der Waals surface area contributed by atoms with Crippen LogP contribution in [0.15, 0.2) is 29.3 Å². The van der Waals surface area contributed by atoms with Crippen molar-refractivity contribution in [3.63, 3.8) is 0 Å². The summed E-state index contributed by atoms with van der Waals surface area (Å²) in [5, 5.41) is 13.3. The molecule has 1 amide bonds. The van der Waals surface area contributed by atoms with Crippen LogP contribution in [0.25, 0.3) is 10.4 Å². The minimum absolute atomic E-state index is 0.0677. The number of hydrogen-bond donors (Lipinski definition) is 4. The topological polar surface area (TPSA) is 134 Å². The van der Waals surface area contributed by atoms with Crippen molar-refractivity contribution in [2.45, 2.75) is 61.9 Å². The highest BCUT2D eigenvalue weighted by molar-refractivity contribution is 7.89. The quantitative estimate of drug-likeness (QED) is 0.358. The standard InChI is InChI=1S/C20H28N4O4S2/c1-20(2,11-25)24-30(27,28)18-9-14(21)5-8-16(18)17-10-22-19(29-17)13-3-6-15(7-4-13)23-12-26/h5,8-10,12-13,15,24-25H,3-4,6-7,11,21H2,1-2H3,(H,23,26). The number of carbonyl (C=O) groups excluding carboxylic acids is 1. The second-order valence-electron chi connectivity index (χ2n) is 8.30. The van der Waals surface area contributed by atoms with Crippen molar-refractivity contribution in [1.29, 1.82) is 0 Å². The SMILES string of the molecule is CC(C)(CO)NS(=O)(=O)c1cc(N)ccc1-c1cnc(C2CCC(NC=O)CC2)s1. The molecule has 0 aliphatic heterocycles. The highest BCUT2D eigenvalue weighted by atomic mass is 32.2. The summed E-state index contributed by atoms with van der Waals surface area (Å²) in [6, 6.07) is 5.01. The molecule has 10 heteroatoms. The number of anilines is 1. The highest BCUT2D eigenvalue weighted by Gasteiger charge is 2.29. The number of aliphatic hydroxyl groups excluding tert-OH is 1. The van der Waals surface area contributed by atoms with Crippen LogP contribution in [-0.4, -0.2) is 43.1 Å². The van der Waals surface area contributed by atoms with E-state index in [2.05, 4.69) is 15.0 Å². The predicted octanol–water partition coefficient (Wildman–Crippen LogP) is 2.21. The summed E-state index contributed by atoms with van der Waals surface area (Å²) < 4.78 is 28.6. The van der Waals surface area contributed by atoms with Crippen LogP contribution in [0.4, 0.5) is 5.69 Å². The molecule has 0 spiro atoms. The van der Waals surface area contributed by atoms with Gasteiger partial charge in [0.05, 0.1) is 26.9 Å². The zero-order chi connectivity index (χ0) is 21.9. The van der Waals surface area contributed by atoms with Gasteiger partial charge in [0, 0.05) is 29.4 Å². The Balaban J connectivity index is 1.88. The van der Waals surface area contributed by atoms with E-state index in [1.54, 1.807) is 32.2 Å². The van der Waals surface area contributed by atoms with Crippen molar-refractivity contribution < 1.29 is 18.3 Å². The van der Waals surface area contributed by atoms with E-state index in [1.807, 2.05) is 0 Å². The molecule has 0 radical (unpaired) electrons. The van der Waals surface area contributed by atoms with Crippen LogP contribution in [0.3, 0.4) is 0 Å². The molecule has 1 saturated carbocycles. The number of benzene rings is 1. The van der Waals surface area contributed by atoms with E-state index in [-0.39, 0.29) is 17.5 Å². The predicted molar refractivity (Wildman–Crippen MR) is 118 cm³/mol. The van der Waals surface area contributed by atoms with E-state index in [4.69, 9.17) is 5.73 Å². The third kappa shape index (κ3) is 5.18. The number of thiazole rings is 1. The van der Waals surface area contributed by atoms with Crippen LogP contribution in [0.2, 0.25) is 0 Å². The van der Waals surface area contributed by atoms with Gasteiger partial charge in [0.25, 0.3) is 0 Å². The molecule has 30 heavy (non-hydrogen) atoms. The molecule has 5 N–H and O–H groups in total. The van der Waals surface area contributed by atoms with Crippen molar-refractivity contribution >= 4 is 33.5 Å². The lowest BCUT2D eigenvalue weighted by molar-refractivity contribution is -0.110. The molecule has 3 rings (SSSR count). The van der Waals surface area contributed by atoms with Gasteiger partial charge in [0.15, 0.2) is 0 Å². The molecule has 164 valence electrons. The first-order valence-corrected chi connectivity index (χ1v) is 12.2. The third-order valence-corrected chi connectivity index (χ3v) is 8.20. The van der Waals surface area contributed by atoms with Crippen molar-refractivity contribution in [1.82, 2.24) is 15.0 Å². The van der Waals surface area contributed by atoms with E-state index in [1.165, 1.54) is 17.4 Å². The lowest BCUT2D eigenvalue weighted by atomic mass is 9.86. The largest absolute Gasteiger partial charge is 0.399 e. The Morgan fingerprint density at radius 1 is 1.30 bits per heavy atom. The first kappa shape index (κ1) is 22.7. The van der Waals surface area contributed by atoms with Crippen LogP contribution >= 0.6 is 11.3 Å². The van der Waals surface area contributed by atoms with Crippen molar-refractivity contribution in [2.75, 3.05) is 12.3 Å². The first-order chi connectivity index (χ1) is 14.1. The summed E-state index contributed by atoms with van der Waals surface area (Å²) >= 11 is 1.48. The maximum atomic E-state index is 13.0. The van der Waals surface area contributed by atoms with Gasteiger partial charge in [-0.05, 0) is 51.7 Å². The van der Waals surface area contributed by atoms with Crippen LogP contribution < -0.4 is 15.8 Å². The fraction of sp³-hybridized carbons (Fsp3) is 0.500. The molecule has 0 atom stereocenters. The minimum atomic E-state index is -3.91. The van der Waals surface area contributed by atoms with Gasteiger partial charge < -0.3 is 16.2 Å². The Morgan fingerprint density at radius 2 is 2.00 bits per heavy atom. The van der Waals surface area contributed by atoms with Gasteiger partial charge in [-0.1, -0.05) is 6.07 Å². The number of nitrogens with zero attached hydrogens (tertiary/aromatic N) is 1. The normalized spacial score (nSPS) is 20.1. The van der Waals surface area contributed by atoms with E-state index >= 15 is 0 Å². The molecule has 0 unspecified atom stereocenters. The maximum Gasteiger partial charge on any atom is 0.241 e. The molecule has 1 aliphatic carbocycles. The number of nitrogen functional groups attached to an aromatic ring is 1. The number of aromatic nitrogens is 1. The first-order valence-electron chi connectivity index (χ1n) is 9.85. The second kappa shape index (κ2) is 9.01. The van der Waals surface area contributed by atoms with Crippen LogP contribution in [0.1, 0.15) is 50.5 Å². The fourth-order valence-electron chi connectivity index (χ4n) is 3.62. The molecule has 1 aromatic carbocycles. The summed E-state index contributed by atoms with van der Waals surface area (Å²) in [4.78, 5) is 16.0. The number of nitrogens with two attached hydrogens (primary N) is 1. The van der Waals surface area contributed by atoms with Crippen LogP contribution in [0, 0.1) is 0 Å². The van der Waals surface area contributed by atoms with Gasteiger partial charge in [-0.2, -0.15) is 0 Å². The van der Waals surface area contributed by atoms with E-state index < -0.39 is 15.6 Å². The molecular weight excluding hydrogens is 424 g/mol. The molecule has 0 saturated heterocycles. The number of sulfonamides is 1. The summed E-state index contributed by atoms with van der Waals surface area (Å²) in [7, 11) is -3.91. The van der Waals surface area contributed by atoms with E-state index in [0.29, 0.717) is 17.2 Å². The highest BCUT2D eigenvalue weighted by Crippen LogP contribution is 2.39. The zero-order valence-corrected chi connectivity index (χ0v) is 18.7. The Bertz CT molecular complexity index is 996. The molecule has 1 fully saturated rings. The summed E-state index contributed by atoms with van der Waals surface area (Å²) in [6.07, 6.45) is 6.12.